The molecule has 1 heterocycles. The molecule has 0 radical (unpaired) electrons. The monoisotopic (exact) mass is 283 g/mol. The molecule has 0 unspecified atom stereocenters. The lowest BCUT2D eigenvalue weighted by Gasteiger charge is -2.34. The summed E-state index contributed by atoms with van der Waals surface area (Å²) < 4.78 is 2.87. The van der Waals surface area contributed by atoms with Crippen LogP contribution in [0.2, 0.25) is 0 Å². The van der Waals surface area contributed by atoms with E-state index in [9.17, 15) is 0 Å². The highest BCUT2D eigenvalue weighted by Crippen LogP contribution is 2.05. The Labute approximate surface area is 124 Å². The molecule has 4 heteroatoms. The summed E-state index contributed by atoms with van der Waals surface area (Å²) in [6, 6.07) is 0. The number of hydrogen-bond donors (Lipinski definition) is 0. The molecule has 0 fully saturated rings. The second-order valence-corrected chi connectivity index (χ2v) is 4.11. The van der Waals surface area contributed by atoms with E-state index < -0.39 is 0 Å². The minimum Gasteiger partial charge on any atom is -1.00 e. The number of aromatic nitrogens is 2. The average molecular weight is 284 g/mol. The van der Waals surface area contributed by atoms with Gasteiger partial charge in [-0.05, 0) is 26.0 Å². The zero-order valence-electron chi connectivity index (χ0n) is 12.1. The molecular weight excluding hydrogens is 258 g/mol. The third-order valence-corrected chi connectivity index (χ3v) is 3.11. The summed E-state index contributed by atoms with van der Waals surface area (Å²) in [6.45, 7) is 19.9. The normalized spacial score (nSPS) is 9.58. The minimum absolute atomic E-state index is 0. The van der Waals surface area contributed by atoms with Gasteiger partial charge in [0.25, 0.3) is 0 Å². The third kappa shape index (κ3) is 7.65. The SMILES string of the molecule is C=CC[N+](CC)(CC)CC=C.C=Cn1ccnc1.[Cl-]. The van der Waals surface area contributed by atoms with E-state index in [1.165, 1.54) is 0 Å². The molecule has 1 aromatic rings. The number of likely N-dealkylation sites (N-methyl/N-ethyl adjacent to an activating group) is 1. The summed E-state index contributed by atoms with van der Waals surface area (Å²) in [7, 11) is 0. The molecule has 3 nitrogen and oxygen atoms in total. The summed E-state index contributed by atoms with van der Waals surface area (Å²) in [6.07, 6.45) is 10.9. The molecule has 108 valence electrons. The minimum atomic E-state index is 0. The Morgan fingerprint density at radius 1 is 1.11 bits per heavy atom. The summed E-state index contributed by atoms with van der Waals surface area (Å²) >= 11 is 0. The summed E-state index contributed by atoms with van der Waals surface area (Å²) in [5.41, 5.74) is 0. The number of rotatable bonds is 7. The molecule has 0 aliphatic rings. The first kappa shape index (κ1) is 20.0. The van der Waals surface area contributed by atoms with Crippen molar-refractivity contribution in [2.24, 2.45) is 0 Å². The van der Waals surface area contributed by atoms with Crippen LogP contribution in [0.25, 0.3) is 6.20 Å². The molecule has 0 aliphatic heterocycles. The highest BCUT2D eigenvalue weighted by molar-refractivity contribution is 5.14. The van der Waals surface area contributed by atoms with Crippen LogP contribution in [0, 0.1) is 0 Å². The first-order valence-electron chi connectivity index (χ1n) is 6.34. The molecule has 0 aromatic carbocycles. The maximum absolute atomic E-state index is 3.78. The Morgan fingerprint density at radius 3 is 1.84 bits per heavy atom. The highest BCUT2D eigenvalue weighted by Gasteiger charge is 2.18. The maximum Gasteiger partial charge on any atom is 0.0986 e. The van der Waals surface area contributed by atoms with Crippen LogP contribution < -0.4 is 12.4 Å². The van der Waals surface area contributed by atoms with Gasteiger partial charge in [0, 0.05) is 18.6 Å². The van der Waals surface area contributed by atoms with Crippen LogP contribution in [0.5, 0.6) is 0 Å². The van der Waals surface area contributed by atoms with Crippen LogP contribution in [0.4, 0.5) is 0 Å². The maximum atomic E-state index is 3.78. The molecule has 19 heavy (non-hydrogen) atoms. The van der Waals surface area contributed by atoms with Crippen molar-refractivity contribution in [2.45, 2.75) is 13.8 Å². The molecular formula is C15H26ClN3. The van der Waals surface area contributed by atoms with Gasteiger partial charge in [-0.25, -0.2) is 4.98 Å². The third-order valence-electron chi connectivity index (χ3n) is 3.11. The van der Waals surface area contributed by atoms with Crippen molar-refractivity contribution in [3.05, 3.63) is 50.6 Å². The van der Waals surface area contributed by atoms with Crippen molar-refractivity contribution < 1.29 is 16.9 Å². The Morgan fingerprint density at radius 2 is 1.63 bits per heavy atom. The van der Waals surface area contributed by atoms with Gasteiger partial charge >= 0.3 is 0 Å². The number of quaternary nitrogens is 1. The first-order chi connectivity index (χ1) is 8.67. The molecule has 0 saturated carbocycles. The lowest BCUT2D eigenvalue weighted by molar-refractivity contribution is -0.914. The number of imidazole rings is 1. The van der Waals surface area contributed by atoms with Crippen molar-refractivity contribution >= 4 is 6.20 Å². The summed E-state index contributed by atoms with van der Waals surface area (Å²) in [5.74, 6) is 0. The van der Waals surface area contributed by atoms with E-state index in [1.54, 1.807) is 23.3 Å². The average Bonchev–Trinajstić information content (AvgIpc) is 2.92. The van der Waals surface area contributed by atoms with Crippen LogP contribution in [0.1, 0.15) is 13.8 Å². The van der Waals surface area contributed by atoms with Crippen LogP contribution in [0.15, 0.2) is 50.6 Å². The zero-order chi connectivity index (χ0) is 13.9. The van der Waals surface area contributed by atoms with E-state index in [0.29, 0.717) is 0 Å². The van der Waals surface area contributed by atoms with Gasteiger partial charge in [-0.15, -0.1) is 0 Å². The molecule has 0 amide bonds. The smallest absolute Gasteiger partial charge is 0.0986 e. The second kappa shape index (κ2) is 11.8. The van der Waals surface area contributed by atoms with Crippen molar-refractivity contribution in [2.75, 3.05) is 26.2 Å². The van der Waals surface area contributed by atoms with Crippen LogP contribution in [0.3, 0.4) is 0 Å². The summed E-state index contributed by atoms with van der Waals surface area (Å²) in [5, 5.41) is 0. The van der Waals surface area contributed by atoms with Gasteiger partial charge in [0.05, 0.1) is 32.5 Å². The van der Waals surface area contributed by atoms with Gasteiger partial charge < -0.3 is 21.5 Å². The van der Waals surface area contributed by atoms with E-state index in [0.717, 1.165) is 30.7 Å². The lowest BCUT2D eigenvalue weighted by Crippen LogP contribution is -3.00. The fourth-order valence-electron chi connectivity index (χ4n) is 1.74. The van der Waals surface area contributed by atoms with Crippen molar-refractivity contribution in [1.82, 2.24) is 9.55 Å². The van der Waals surface area contributed by atoms with Crippen molar-refractivity contribution in [3.63, 3.8) is 0 Å². The topological polar surface area (TPSA) is 17.8 Å². The number of nitrogens with zero attached hydrogens (tertiary/aromatic N) is 3. The molecule has 0 atom stereocenters. The van der Waals surface area contributed by atoms with Gasteiger partial charge in [-0.1, -0.05) is 19.7 Å². The Balaban J connectivity index is 0. The molecule has 0 aliphatic carbocycles. The van der Waals surface area contributed by atoms with E-state index in [-0.39, 0.29) is 12.4 Å². The van der Waals surface area contributed by atoms with Crippen molar-refractivity contribution in [1.29, 1.82) is 0 Å². The molecule has 1 rings (SSSR count). The first-order valence-corrected chi connectivity index (χ1v) is 6.34. The number of halogens is 1. The molecule has 0 saturated heterocycles. The highest BCUT2D eigenvalue weighted by atomic mass is 35.5. The largest absolute Gasteiger partial charge is 1.00 e. The molecule has 0 bridgehead atoms. The van der Waals surface area contributed by atoms with Crippen LogP contribution >= 0.6 is 0 Å². The van der Waals surface area contributed by atoms with E-state index >= 15 is 0 Å². The fraction of sp³-hybridized carbons (Fsp3) is 0.400. The van der Waals surface area contributed by atoms with Crippen LogP contribution in [-0.4, -0.2) is 40.2 Å². The van der Waals surface area contributed by atoms with Gasteiger partial charge in [0.1, 0.15) is 0 Å². The predicted octanol–water partition coefficient (Wildman–Crippen LogP) is 0.203. The lowest BCUT2D eigenvalue weighted by atomic mass is 10.3. The molecule has 1 aromatic heterocycles. The quantitative estimate of drug-likeness (QED) is 0.517. The Kier molecular flexibility index (Phi) is 12.4. The van der Waals surface area contributed by atoms with Crippen molar-refractivity contribution in [3.8, 4) is 0 Å². The second-order valence-electron chi connectivity index (χ2n) is 4.11. The summed E-state index contributed by atoms with van der Waals surface area (Å²) in [4.78, 5) is 3.78. The Hall–Kier alpha value is -1.32. The number of hydrogen-bond acceptors (Lipinski definition) is 1. The van der Waals surface area contributed by atoms with E-state index in [2.05, 4.69) is 38.6 Å². The van der Waals surface area contributed by atoms with Gasteiger partial charge in [-0.3, -0.25) is 0 Å². The van der Waals surface area contributed by atoms with Gasteiger partial charge in [0.2, 0.25) is 0 Å². The predicted molar refractivity (Wildman–Crippen MR) is 80.1 cm³/mol. The van der Waals surface area contributed by atoms with E-state index in [1.807, 2.05) is 18.3 Å². The van der Waals surface area contributed by atoms with Gasteiger partial charge in [-0.2, -0.15) is 0 Å². The van der Waals surface area contributed by atoms with E-state index in [4.69, 9.17) is 0 Å². The molecule has 0 N–H and O–H groups in total. The molecule has 0 spiro atoms. The standard InChI is InChI=1S/C10H20N.C5H6N2.ClH/c1-5-9-11(7-3,8-4)10-6-2;1-2-7-4-3-6-5-7;/h5-6H,1-2,7-10H2,3-4H3;2-5H,1H2;1H/q+1;;/p-1. The zero-order valence-corrected chi connectivity index (χ0v) is 12.9. The van der Waals surface area contributed by atoms with Gasteiger partial charge in [0.15, 0.2) is 0 Å². The van der Waals surface area contributed by atoms with Crippen LogP contribution in [-0.2, 0) is 0 Å². The fourth-order valence-corrected chi connectivity index (χ4v) is 1.74. The Bertz CT molecular complexity index is 328.